The average molecular weight is 339 g/mol. The molecule has 25 heavy (non-hydrogen) atoms. The van der Waals surface area contributed by atoms with Crippen molar-refractivity contribution in [2.24, 2.45) is 0 Å². The van der Waals surface area contributed by atoms with E-state index in [2.05, 4.69) is 15.4 Å². The zero-order valence-electron chi connectivity index (χ0n) is 14.8. The summed E-state index contributed by atoms with van der Waals surface area (Å²) in [5.41, 5.74) is 2.32. The Bertz CT molecular complexity index is 1000. The highest BCUT2D eigenvalue weighted by molar-refractivity contribution is 5.76. The standard InChI is InChI=1S/C18H21N5O2/c1-11(2)19-15(24)10-22-13(4)9-16(25)23-18(22)20-17(21-23)14-7-5-6-12(3)8-14/h5-9,11H,10H2,1-4H3,(H,19,24). The minimum Gasteiger partial charge on any atom is -0.352 e. The predicted molar refractivity (Wildman–Crippen MR) is 95.4 cm³/mol. The SMILES string of the molecule is Cc1cccc(-c2nc3n(CC(=O)NC(C)C)c(C)cc(=O)n3n2)c1. The lowest BCUT2D eigenvalue weighted by Crippen LogP contribution is -2.34. The molecule has 7 heteroatoms. The van der Waals surface area contributed by atoms with Crippen molar-refractivity contribution in [1.82, 2.24) is 24.5 Å². The Labute approximate surface area is 145 Å². The molecule has 0 unspecified atom stereocenters. The molecule has 1 aromatic carbocycles. The van der Waals surface area contributed by atoms with E-state index in [-0.39, 0.29) is 24.1 Å². The Morgan fingerprint density at radius 1 is 1.24 bits per heavy atom. The van der Waals surface area contributed by atoms with Gasteiger partial charge in [0.2, 0.25) is 11.7 Å². The maximum atomic E-state index is 12.3. The van der Waals surface area contributed by atoms with Crippen molar-refractivity contribution in [3.05, 3.63) is 51.9 Å². The molecule has 1 N–H and O–H groups in total. The second kappa shape index (κ2) is 6.51. The third-order valence-electron chi connectivity index (χ3n) is 3.83. The second-order valence-electron chi connectivity index (χ2n) is 6.45. The highest BCUT2D eigenvalue weighted by atomic mass is 16.2. The molecule has 2 aromatic heterocycles. The van der Waals surface area contributed by atoms with Crippen LogP contribution in [0, 0.1) is 13.8 Å². The van der Waals surface area contributed by atoms with E-state index in [1.54, 1.807) is 11.5 Å². The number of nitrogens with zero attached hydrogens (tertiary/aromatic N) is 4. The quantitative estimate of drug-likeness (QED) is 0.784. The monoisotopic (exact) mass is 339 g/mol. The molecule has 0 spiro atoms. The van der Waals surface area contributed by atoms with Crippen molar-refractivity contribution in [3.63, 3.8) is 0 Å². The number of hydrogen-bond donors (Lipinski definition) is 1. The first-order valence-corrected chi connectivity index (χ1v) is 8.19. The van der Waals surface area contributed by atoms with Gasteiger partial charge in [-0.05, 0) is 33.8 Å². The average Bonchev–Trinajstić information content (AvgIpc) is 2.96. The van der Waals surface area contributed by atoms with Gasteiger partial charge in [-0.2, -0.15) is 9.50 Å². The first kappa shape index (κ1) is 16.9. The van der Waals surface area contributed by atoms with E-state index in [9.17, 15) is 9.59 Å². The van der Waals surface area contributed by atoms with Crippen molar-refractivity contribution < 1.29 is 4.79 Å². The highest BCUT2D eigenvalue weighted by Crippen LogP contribution is 2.17. The van der Waals surface area contributed by atoms with Crippen LogP contribution in [-0.2, 0) is 11.3 Å². The van der Waals surface area contributed by atoms with Crippen LogP contribution < -0.4 is 10.9 Å². The number of aryl methyl sites for hydroxylation is 2. The van der Waals surface area contributed by atoms with Crippen LogP contribution in [0.3, 0.4) is 0 Å². The minimum atomic E-state index is -0.264. The van der Waals surface area contributed by atoms with Crippen molar-refractivity contribution in [2.75, 3.05) is 0 Å². The lowest BCUT2D eigenvalue weighted by Gasteiger charge is -2.13. The van der Waals surface area contributed by atoms with E-state index in [4.69, 9.17) is 0 Å². The molecule has 2 heterocycles. The number of rotatable bonds is 4. The molecule has 0 saturated heterocycles. The van der Waals surface area contributed by atoms with Gasteiger partial charge in [0, 0.05) is 23.4 Å². The summed E-state index contributed by atoms with van der Waals surface area (Å²) in [4.78, 5) is 28.9. The number of fused-ring (bicyclic) bond motifs is 1. The number of hydrogen-bond acceptors (Lipinski definition) is 4. The summed E-state index contributed by atoms with van der Waals surface area (Å²) in [7, 11) is 0. The molecule has 0 saturated carbocycles. The molecule has 3 aromatic rings. The fourth-order valence-corrected chi connectivity index (χ4v) is 2.71. The summed E-state index contributed by atoms with van der Waals surface area (Å²) < 4.78 is 2.94. The molecule has 7 nitrogen and oxygen atoms in total. The van der Waals surface area contributed by atoms with E-state index >= 15 is 0 Å². The Morgan fingerprint density at radius 3 is 2.68 bits per heavy atom. The van der Waals surface area contributed by atoms with Crippen LogP contribution in [0.4, 0.5) is 0 Å². The van der Waals surface area contributed by atoms with Crippen molar-refractivity contribution in [2.45, 2.75) is 40.3 Å². The second-order valence-corrected chi connectivity index (χ2v) is 6.45. The summed E-state index contributed by atoms with van der Waals surface area (Å²) in [5, 5.41) is 7.18. The summed E-state index contributed by atoms with van der Waals surface area (Å²) in [6.45, 7) is 7.65. The molecule has 0 aliphatic heterocycles. The van der Waals surface area contributed by atoms with Crippen LogP contribution in [0.2, 0.25) is 0 Å². The van der Waals surface area contributed by atoms with E-state index in [1.807, 2.05) is 45.0 Å². The number of carbonyl (C=O) groups is 1. The first-order chi connectivity index (χ1) is 11.8. The fraction of sp³-hybridized carbons (Fsp3) is 0.333. The largest absolute Gasteiger partial charge is 0.352 e. The maximum Gasteiger partial charge on any atom is 0.275 e. The molecule has 0 aliphatic rings. The zero-order chi connectivity index (χ0) is 18.1. The first-order valence-electron chi connectivity index (χ1n) is 8.19. The molecule has 0 bridgehead atoms. The topological polar surface area (TPSA) is 81.3 Å². The van der Waals surface area contributed by atoms with Crippen molar-refractivity contribution >= 4 is 11.7 Å². The van der Waals surface area contributed by atoms with Crippen LogP contribution in [0.1, 0.15) is 25.1 Å². The Kier molecular flexibility index (Phi) is 4.39. The van der Waals surface area contributed by atoms with Gasteiger partial charge < -0.3 is 9.88 Å². The number of amides is 1. The Balaban J connectivity index is 2.11. The van der Waals surface area contributed by atoms with Gasteiger partial charge in [-0.3, -0.25) is 9.59 Å². The summed E-state index contributed by atoms with van der Waals surface area (Å²) in [5.74, 6) is 0.689. The van der Waals surface area contributed by atoms with Gasteiger partial charge in [0.1, 0.15) is 6.54 Å². The lowest BCUT2D eigenvalue weighted by atomic mass is 10.1. The lowest BCUT2D eigenvalue weighted by molar-refractivity contribution is -0.122. The molecule has 0 fully saturated rings. The normalized spacial score (nSPS) is 11.2. The highest BCUT2D eigenvalue weighted by Gasteiger charge is 2.15. The number of carbonyl (C=O) groups excluding carboxylic acids is 1. The Morgan fingerprint density at radius 2 is 2.00 bits per heavy atom. The molecule has 0 radical (unpaired) electrons. The van der Waals surface area contributed by atoms with Gasteiger partial charge in [-0.25, -0.2) is 0 Å². The van der Waals surface area contributed by atoms with Gasteiger partial charge in [-0.15, -0.1) is 5.10 Å². The predicted octanol–water partition coefficient (Wildman–Crippen LogP) is 1.70. The zero-order valence-corrected chi connectivity index (χ0v) is 14.8. The summed E-state index contributed by atoms with van der Waals surface area (Å²) in [6.07, 6.45) is 0. The van der Waals surface area contributed by atoms with E-state index in [0.29, 0.717) is 17.3 Å². The third-order valence-corrected chi connectivity index (χ3v) is 3.83. The van der Waals surface area contributed by atoms with Crippen LogP contribution in [0.15, 0.2) is 35.1 Å². The van der Waals surface area contributed by atoms with Crippen LogP contribution in [0.25, 0.3) is 17.2 Å². The minimum absolute atomic E-state index is 0.0453. The molecular formula is C18H21N5O2. The molecular weight excluding hydrogens is 318 g/mol. The van der Waals surface area contributed by atoms with Gasteiger partial charge in [-0.1, -0.05) is 23.8 Å². The summed E-state index contributed by atoms with van der Waals surface area (Å²) in [6, 6.07) is 9.27. The molecule has 0 aliphatic carbocycles. The molecule has 0 atom stereocenters. The van der Waals surface area contributed by atoms with Crippen LogP contribution >= 0.6 is 0 Å². The third kappa shape index (κ3) is 3.45. The van der Waals surface area contributed by atoms with Crippen molar-refractivity contribution in [3.8, 4) is 11.4 Å². The molecule has 130 valence electrons. The van der Waals surface area contributed by atoms with Gasteiger partial charge >= 0.3 is 0 Å². The molecule has 3 rings (SSSR count). The number of nitrogens with one attached hydrogen (secondary N) is 1. The van der Waals surface area contributed by atoms with Gasteiger partial charge in [0.25, 0.3) is 5.56 Å². The van der Waals surface area contributed by atoms with Crippen LogP contribution in [0.5, 0.6) is 0 Å². The van der Waals surface area contributed by atoms with E-state index < -0.39 is 0 Å². The number of benzene rings is 1. The number of aromatic nitrogens is 4. The van der Waals surface area contributed by atoms with E-state index in [0.717, 1.165) is 11.1 Å². The summed E-state index contributed by atoms with van der Waals surface area (Å²) >= 11 is 0. The smallest absolute Gasteiger partial charge is 0.275 e. The van der Waals surface area contributed by atoms with Crippen LogP contribution in [-0.4, -0.2) is 31.1 Å². The van der Waals surface area contributed by atoms with Gasteiger partial charge in [0.15, 0.2) is 5.82 Å². The maximum absolute atomic E-state index is 12.3. The Hall–Kier alpha value is -2.96. The van der Waals surface area contributed by atoms with Gasteiger partial charge in [0.05, 0.1) is 0 Å². The molecule has 1 amide bonds. The van der Waals surface area contributed by atoms with Crippen molar-refractivity contribution in [1.29, 1.82) is 0 Å². The fourth-order valence-electron chi connectivity index (χ4n) is 2.71. The van der Waals surface area contributed by atoms with E-state index in [1.165, 1.54) is 10.6 Å².